The number of anilines is 1. The van der Waals surface area contributed by atoms with Crippen LogP contribution in [0.3, 0.4) is 0 Å². The largest absolute Gasteiger partial charge is 0.289 e. The van der Waals surface area contributed by atoms with Gasteiger partial charge in [-0.3, -0.25) is 10.1 Å². The van der Waals surface area contributed by atoms with E-state index < -0.39 is 0 Å². The molecule has 0 unspecified atom stereocenters. The molecule has 0 atom stereocenters. The molecule has 96 valence electrons. The first kappa shape index (κ1) is 12.0. The van der Waals surface area contributed by atoms with Crippen LogP contribution in [0.15, 0.2) is 28.4 Å². The maximum Gasteiger partial charge on any atom is 0.277 e. The van der Waals surface area contributed by atoms with E-state index >= 15 is 0 Å². The molecule has 1 N–H and O–H groups in total. The van der Waals surface area contributed by atoms with Crippen LogP contribution in [0, 0.1) is 0 Å². The van der Waals surface area contributed by atoms with E-state index in [4.69, 9.17) is 0 Å². The SMILES string of the molecule is Cn1nc(-c2cccs2)nc1NC(=O)c1cscn1. The van der Waals surface area contributed by atoms with Crippen LogP contribution in [0.1, 0.15) is 10.5 Å². The third kappa shape index (κ3) is 2.40. The minimum Gasteiger partial charge on any atom is -0.289 e. The Morgan fingerprint density at radius 3 is 3.05 bits per heavy atom. The predicted octanol–water partition coefficient (Wildman–Crippen LogP) is 2.25. The smallest absolute Gasteiger partial charge is 0.277 e. The summed E-state index contributed by atoms with van der Waals surface area (Å²) in [5.74, 6) is 0.724. The first-order valence-electron chi connectivity index (χ1n) is 5.38. The number of thiophene rings is 1. The number of thiazole rings is 1. The molecule has 19 heavy (non-hydrogen) atoms. The van der Waals surface area contributed by atoms with Gasteiger partial charge in [-0.1, -0.05) is 6.07 Å². The Labute approximate surface area is 116 Å². The van der Waals surface area contributed by atoms with E-state index in [0.29, 0.717) is 17.5 Å². The summed E-state index contributed by atoms with van der Waals surface area (Å²) in [4.78, 5) is 21.1. The Morgan fingerprint density at radius 2 is 2.37 bits per heavy atom. The fourth-order valence-corrected chi connectivity index (χ4v) is 2.68. The van der Waals surface area contributed by atoms with Crippen LogP contribution >= 0.6 is 22.7 Å². The van der Waals surface area contributed by atoms with Gasteiger partial charge in [-0.2, -0.15) is 4.98 Å². The van der Waals surface area contributed by atoms with Crippen molar-refractivity contribution in [1.29, 1.82) is 0 Å². The molecule has 6 nitrogen and oxygen atoms in total. The van der Waals surface area contributed by atoms with Crippen molar-refractivity contribution in [3.63, 3.8) is 0 Å². The Morgan fingerprint density at radius 1 is 1.47 bits per heavy atom. The highest BCUT2D eigenvalue weighted by atomic mass is 32.1. The van der Waals surface area contributed by atoms with Gasteiger partial charge in [0.05, 0.1) is 10.4 Å². The normalized spacial score (nSPS) is 10.6. The summed E-state index contributed by atoms with van der Waals surface area (Å²) in [7, 11) is 1.74. The maximum absolute atomic E-state index is 11.9. The summed E-state index contributed by atoms with van der Waals surface area (Å²) in [5.41, 5.74) is 1.99. The van der Waals surface area contributed by atoms with Crippen molar-refractivity contribution in [1.82, 2.24) is 19.7 Å². The van der Waals surface area contributed by atoms with E-state index in [1.807, 2.05) is 17.5 Å². The molecule has 0 radical (unpaired) electrons. The maximum atomic E-state index is 11.9. The van der Waals surface area contributed by atoms with Crippen molar-refractivity contribution in [2.24, 2.45) is 7.05 Å². The molecule has 0 saturated carbocycles. The second-order valence-electron chi connectivity index (χ2n) is 3.69. The van der Waals surface area contributed by atoms with E-state index in [2.05, 4.69) is 20.4 Å². The molecule has 0 aliphatic rings. The zero-order valence-electron chi connectivity index (χ0n) is 9.90. The summed E-state index contributed by atoms with van der Waals surface area (Å²) in [6.07, 6.45) is 0. The first-order valence-corrected chi connectivity index (χ1v) is 7.21. The zero-order chi connectivity index (χ0) is 13.2. The highest BCUT2D eigenvalue weighted by Gasteiger charge is 2.14. The number of hydrogen-bond donors (Lipinski definition) is 1. The van der Waals surface area contributed by atoms with E-state index in [-0.39, 0.29) is 5.91 Å². The standard InChI is InChI=1S/C11H9N5OS2/c1-16-11(14-10(17)7-5-18-6-12-7)13-9(15-16)8-3-2-4-19-8/h2-6H,1H3,(H,13,14,15,17). The molecule has 1 amide bonds. The van der Waals surface area contributed by atoms with Crippen molar-refractivity contribution < 1.29 is 4.79 Å². The molecule has 3 rings (SSSR count). The number of nitrogens with one attached hydrogen (secondary N) is 1. The van der Waals surface area contributed by atoms with Gasteiger partial charge in [0.15, 0.2) is 5.82 Å². The molecule has 0 saturated heterocycles. The third-order valence-corrected chi connectivity index (χ3v) is 3.85. The quantitative estimate of drug-likeness (QED) is 0.803. The van der Waals surface area contributed by atoms with Crippen molar-refractivity contribution in [2.45, 2.75) is 0 Å². The Bertz CT molecular complexity index is 687. The summed E-state index contributed by atoms with van der Waals surface area (Å²) in [5, 5.41) is 10.6. The average molecular weight is 291 g/mol. The number of amides is 1. The number of aromatic nitrogens is 4. The lowest BCUT2D eigenvalue weighted by molar-refractivity contribution is 0.102. The highest BCUT2D eigenvalue weighted by Crippen LogP contribution is 2.22. The topological polar surface area (TPSA) is 72.7 Å². The summed E-state index contributed by atoms with van der Waals surface area (Å²) < 4.78 is 1.54. The summed E-state index contributed by atoms with van der Waals surface area (Å²) in [6, 6.07) is 3.87. The number of carbonyl (C=O) groups is 1. The molecule has 0 bridgehead atoms. The molecular formula is C11H9N5OS2. The molecule has 0 aliphatic carbocycles. The summed E-state index contributed by atoms with van der Waals surface area (Å²) >= 11 is 2.93. The van der Waals surface area contributed by atoms with Gasteiger partial charge in [-0.15, -0.1) is 27.8 Å². The molecule has 0 fully saturated rings. The van der Waals surface area contributed by atoms with Gasteiger partial charge in [0.2, 0.25) is 5.95 Å². The molecule has 3 heterocycles. The molecule has 0 spiro atoms. The average Bonchev–Trinajstić information content (AvgIpc) is 3.09. The fraction of sp³-hybridized carbons (Fsp3) is 0.0909. The lowest BCUT2D eigenvalue weighted by Crippen LogP contribution is -2.15. The molecule has 0 aromatic carbocycles. The van der Waals surface area contributed by atoms with E-state index in [9.17, 15) is 4.79 Å². The Hall–Kier alpha value is -2.06. The molecular weight excluding hydrogens is 282 g/mol. The van der Waals surface area contributed by atoms with Crippen molar-refractivity contribution in [3.8, 4) is 10.7 Å². The van der Waals surface area contributed by atoms with E-state index in [0.717, 1.165) is 4.88 Å². The van der Waals surface area contributed by atoms with Crippen molar-refractivity contribution in [2.75, 3.05) is 5.32 Å². The van der Waals surface area contributed by atoms with Gasteiger partial charge in [0.1, 0.15) is 5.69 Å². The van der Waals surface area contributed by atoms with Gasteiger partial charge in [-0.25, -0.2) is 9.67 Å². The predicted molar refractivity (Wildman–Crippen MR) is 74.4 cm³/mol. The van der Waals surface area contributed by atoms with Gasteiger partial charge in [-0.05, 0) is 11.4 Å². The lowest BCUT2D eigenvalue weighted by atomic mass is 10.4. The number of nitrogens with zero attached hydrogens (tertiary/aromatic N) is 4. The van der Waals surface area contributed by atoms with Gasteiger partial charge >= 0.3 is 0 Å². The number of hydrogen-bond acceptors (Lipinski definition) is 6. The lowest BCUT2D eigenvalue weighted by Gasteiger charge is -2.00. The Balaban J connectivity index is 1.84. The highest BCUT2D eigenvalue weighted by molar-refractivity contribution is 7.13. The van der Waals surface area contributed by atoms with Crippen LogP contribution in [0.2, 0.25) is 0 Å². The molecule has 3 aromatic heterocycles. The minimum atomic E-state index is -0.283. The fourth-order valence-electron chi connectivity index (χ4n) is 1.49. The second kappa shape index (κ2) is 4.90. The van der Waals surface area contributed by atoms with Crippen LogP contribution in [-0.4, -0.2) is 25.7 Å². The van der Waals surface area contributed by atoms with E-state index in [1.165, 1.54) is 11.3 Å². The Kier molecular flexibility index (Phi) is 3.10. The van der Waals surface area contributed by atoms with Gasteiger partial charge < -0.3 is 0 Å². The number of aryl methyl sites for hydroxylation is 1. The zero-order valence-corrected chi connectivity index (χ0v) is 11.5. The van der Waals surface area contributed by atoms with Crippen LogP contribution < -0.4 is 5.32 Å². The first-order chi connectivity index (χ1) is 9.24. The van der Waals surface area contributed by atoms with Crippen LogP contribution in [-0.2, 0) is 7.05 Å². The molecule has 3 aromatic rings. The molecule has 8 heteroatoms. The van der Waals surface area contributed by atoms with Crippen molar-refractivity contribution >= 4 is 34.5 Å². The second-order valence-corrected chi connectivity index (χ2v) is 5.35. The molecule has 0 aliphatic heterocycles. The van der Waals surface area contributed by atoms with Crippen LogP contribution in [0.5, 0.6) is 0 Å². The monoisotopic (exact) mass is 291 g/mol. The number of rotatable bonds is 3. The third-order valence-electron chi connectivity index (χ3n) is 2.39. The van der Waals surface area contributed by atoms with Crippen molar-refractivity contribution in [3.05, 3.63) is 34.1 Å². The van der Waals surface area contributed by atoms with Gasteiger partial charge in [0.25, 0.3) is 5.91 Å². The minimum absolute atomic E-state index is 0.283. The summed E-state index contributed by atoms with van der Waals surface area (Å²) in [6.45, 7) is 0. The number of carbonyl (C=O) groups excluding carboxylic acids is 1. The van der Waals surface area contributed by atoms with Gasteiger partial charge in [0, 0.05) is 12.4 Å². The van der Waals surface area contributed by atoms with E-state index in [1.54, 1.807) is 34.0 Å². The van der Waals surface area contributed by atoms with Crippen LogP contribution in [0.25, 0.3) is 10.7 Å². The van der Waals surface area contributed by atoms with Crippen LogP contribution in [0.4, 0.5) is 5.95 Å².